The van der Waals surface area contributed by atoms with Crippen LogP contribution >= 0.6 is 46.3 Å². The van der Waals surface area contributed by atoms with E-state index >= 15 is 0 Å². The van der Waals surface area contributed by atoms with Gasteiger partial charge in [0.05, 0.1) is 16.6 Å². The predicted molar refractivity (Wildman–Crippen MR) is 151 cm³/mol. The molecular weight excluding hydrogens is 563 g/mol. The number of ether oxygens (including phenoxy) is 1. The Hall–Kier alpha value is -3.04. The molecule has 1 fully saturated rings. The number of benzene rings is 3. The minimum Gasteiger partial charge on any atom is -0.489 e. The second-order valence-corrected chi connectivity index (χ2v) is 12.2. The summed E-state index contributed by atoms with van der Waals surface area (Å²) in [4.78, 5) is 44.6. The Labute approximate surface area is 236 Å². The van der Waals surface area contributed by atoms with E-state index in [1.54, 1.807) is 42.5 Å². The maximum Gasteiger partial charge on any atom is 0.305 e. The Bertz CT molecular complexity index is 1630. The van der Waals surface area contributed by atoms with Gasteiger partial charge in [-0.25, -0.2) is 4.90 Å². The fourth-order valence-corrected chi connectivity index (χ4v) is 7.83. The van der Waals surface area contributed by atoms with Crippen molar-refractivity contribution in [3.05, 3.63) is 108 Å². The molecule has 3 unspecified atom stereocenters. The summed E-state index contributed by atoms with van der Waals surface area (Å²) >= 11 is 14.8. The van der Waals surface area contributed by atoms with Gasteiger partial charge in [-0.2, -0.15) is 0 Å². The van der Waals surface area contributed by atoms with Gasteiger partial charge in [0.15, 0.2) is 0 Å². The number of hydrogen-bond donors (Lipinski definition) is 1. The summed E-state index contributed by atoms with van der Waals surface area (Å²) in [6, 6.07) is 19.8. The second kappa shape index (κ2) is 9.93. The fraction of sp³-hybridized carbons (Fsp3) is 0.179. The summed E-state index contributed by atoms with van der Waals surface area (Å²) in [7, 11) is 0. The van der Waals surface area contributed by atoms with Crippen LogP contribution in [0.2, 0.25) is 10.0 Å². The number of nitrogens with zero attached hydrogens (tertiary/aromatic N) is 1. The van der Waals surface area contributed by atoms with Gasteiger partial charge in [-0.1, -0.05) is 70.6 Å². The highest BCUT2D eigenvalue weighted by Crippen LogP contribution is 2.54. The van der Waals surface area contributed by atoms with Crippen LogP contribution in [-0.4, -0.2) is 22.0 Å². The SMILES string of the molecule is Cc1ccccc1COc1ccc(Cl)cc1C1c2sc(=O)[nH]c2SC2C(=O)N(c3ccc(Cl)cc3)C(=O)C21. The van der Waals surface area contributed by atoms with Crippen molar-refractivity contribution in [3.8, 4) is 5.75 Å². The molecule has 4 aromatic rings. The minimum absolute atomic E-state index is 0.244. The third-order valence-electron chi connectivity index (χ3n) is 6.86. The molecule has 6 rings (SSSR count). The molecule has 38 heavy (non-hydrogen) atoms. The van der Waals surface area contributed by atoms with Crippen LogP contribution in [0.4, 0.5) is 5.69 Å². The van der Waals surface area contributed by atoms with Gasteiger partial charge < -0.3 is 9.72 Å². The molecule has 0 radical (unpaired) electrons. The Kier molecular flexibility index (Phi) is 6.60. The van der Waals surface area contributed by atoms with Crippen molar-refractivity contribution in [1.82, 2.24) is 4.98 Å². The van der Waals surface area contributed by atoms with Crippen molar-refractivity contribution in [2.45, 2.75) is 29.7 Å². The highest BCUT2D eigenvalue weighted by molar-refractivity contribution is 8.00. The molecule has 0 spiro atoms. The van der Waals surface area contributed by atoms with Crippen LogP contribution in [0.1, 0.15) is 27.5 Å². The van der Waals surface area contributed by atoms with Gasteiger partial charge in [0.1, 0.15) is 17.6 Å². The van der Waals surface area contributed by atoms with Crippen LogP contribution < -0.4 is 14.5 Å². The average Bonchev–Trinajstić information content (AvgIpc) is 3.39. The number of thioether (sulfide) groups is 1. The van der Waals surface area contributed by atoms with Crippen molar-refractivity contribution in [3.63, 3.8) is 0 Å². The standard InChI is InChI=1S/C28H20Cl2N2O4S2/c1-14-4-2-3-5-15(14)13-36-20-11-8-17(30)12-19(20)21-22-24(37-25-23(21)38-28(35)31-25)27(34)32(26(22)33)18-9-6-16(29)7-10-18/h2-12,21-22,24H,13H2,1H3,(H,31,35). The van der Waals surface area contributed by atoms with Gasteiger partial charge in [-0.3, -0.25) is 14.4 Å². The summed E-state index contributed by atoms with van der Waals surface area (Å²) in [6.07, 6.45) is 0. The van der Waals surface area contributed by atoms with E-state index in [9.17, 15) is 14.4 Å². The first-order chi connectivity index (χ1) is 18.3. The van der Waals surface area contributed by atoms with Crippen LogP contribution in [0, 0.1) is 12.8 Å². The van der Waals surface area contributed by atoms with Gasteiger partial charge in [0.2, 0.25) is 11.8 Å². The molecule has 0 saturated carbocycles. The summed E-state index contributed by atoms with van der Waals surface area (Å²) < 4.78 is 6.30. The lowest BCUT2D eigenvalue weighted by Crippen LogP contribution is -2.32. The number of carbonyl (C=O) groups excluding carboxylic acids is 2. The van der Waals surface area contributed by atoms with Gasteiger partial charge in [-0.05, 0) is 60.5 Å². The van der Waals surface area contributed by atoms with Crippen LogP contribution in [-0.2, 0) is 16.2 Å². The van der Waals surface area contributed by atoms with E-state index < -0.39 is 17.1 Å². The number of aromatic nitrogens is 1. The van der Waals surface area contributed by atoms with Crippen molar-refractivity contribution in [2.24, 2.45) is 5.92 Å². The molecule has 6 nitrogen and oxygen atoms in total. The van der Waals surface area contributed by atoms with Crippen molar-refractivity contribution in [2.75, 3.05) is 4.90 Å². The Morgan fingerprint density at radius 2 is 1.68 bits per heavy atom. The molecule has 3 heterocycles. The maximum atomic E-state index is 14.0. The van der Waals surface area contributed by atoms with Crippen LogP contribution in [0.25, 0.3) is 0 Å². The Morgan fingerprint density at radius 3 is 2.45 bits per heavy atom. The van der Waals surface area contributed by atoms with E-state index in [2.05, 4.69) is 4.98 Å². The maximum absolute atomic E-state index is 14.0. The lowest BCUT2D eigenvalue weighted by Gasteiger charge is -2.31. The van der Waals surface area contributed by atoms with Gasteiger partial charge >= 0.3 is 4.87 Å². The van der Waals surface area contributed by atoms with E-state index in [-0.39, 0.29) is 16.7 Å². The molecule has 2 amide bonds. The molecule has 3 atom stereocenters. The van der Waals surface area contributed by atoms with Crippen molar-refractivity contribution in [1.29, 1.82) is 0 Å². The number of imide groups is 1. The quantitative estimate of drug-likeness (QED) is 0.274. The van der Waals surface area contributed by atoms with Gasteiger partial charge in [0, 0.05) is 26.4 Å². The molecular formula is C28H20Cl2N2O4S2. The summed E-state index contributed by atoms with van der Waals surface area (Å²) in [5.41, 5.74) is 3.24. The minimum atomic E-state index is -0.749. The molecule has 2 aliphatic rings. The topological polar surface area (TPSA) is 79.5 Å². The molecule has 2 aliphatic heterocycles. The number of thiazole rings is 1. The van der Waals surface area contributed by atoms with Crippen LogP contribution in [0.3, 0.4) is 0 Å². The number of halogens is 2. The number of carbonyl (C=O) groups is 2. The van der Waals surface area contributed by atoms with E-state index in [4.69, 9.17) is 27.9 Å². The normalized spacial score (nSPS) is 20.4. The number of rotatable bonds is 5. The summed E-state index contributed by atoms with van der Waals surface area (Å²) in [5, 5.41) is 0.847. The van der Waals surface area contributed by atoms with E-state index in [1.165, 1.54) is 16.7 Å². The highest BCUT2D eigenvalue weighted by Gasteiger charge is 2.56. The van der Waals surface area contributed by atoms with Gasteiger partial charge in [0.25, 0.3) is 0 Å². The molecule has 1 N–H and O–H groups in total. The third kappa shape index (κ3) is 4.35. The Morgan fingerprint density at radius 1 is 0.947 bits per heavy atom. The largest absolute Gasteiger partial charge is 0.489 e. The number of nitrogens with one attached hydrogen (secondary N) is 1. The Balaban J connectivity index is 1.45. The van der Waals surface area contributed by atoms with Crippen molar-refractivity contribution < 1.29 is 14.3 Å². The highest BCUT2D eigenvalue weighted by atomic mass is 35.5. The number of aromatic amines is 1. The lowest BCUT2D eigenvalue weighted by atomic mass is 9.82. The molecule has 1 aromatic heterocycles. The predicted octanol–water partition coefficient (Wildman–Crippen LogP) is 6.43. The first-order valence-corrected chi connectivity index (χ1v) is 14.3. The monoisotopic (exact) mass is 582 g/mol. The molecule has 192 valence electrons. The lowest BCUT2D eigenvalue weighted by molar-refractivity contribution is -0.122. The number of aryl methyl sites for hydroxylation is 1. The van der Waals surface area contributed by atoms with E-state index in [0.717, 1.165) is 22.5 Å². The number of amides is 2. The van der Waals surface area contributed by atoms with Crippen molar-refractivity contribution >= 4 is 63.8 Å². The number of fused-ring (bicyclic) bond motifs is 2. The summed E-state index contributed by atoms with van der Waals surface area (Å²) in [5.74, 6) is -1.47. The molecule has 0 aliphatic carbocycles. The number of hydrogen-bond acceptors (Lipinski definition) is 6. The van der Waals surface area contributed by atoms with E-state index in [1.807, 2.05) is 31.2 Å². The second-order valence-electron chi connectivity index (χ2n) is 9.14. The molecule has 10 heteroatoms. The number of H-pyrrole nitrogens is 1. The molecule has 1 saturated heterocycles. The third-order valence-corrected chi connectivity index (χ3v) is 9.75. The zero-order chi connectivity index (χ0) is 26.6. The number of anilines is 1. The first-order valence-electron chi connectivity index (χ1n) is 11.8. The van der Waals surface area contributed by atoms with Gasteiger partial charge in [-0.15, -0.1) is 0 Å². The smallest absolute Gasteiger partial charge is 0.305 e. The molecule has 3 aromatic carbocycles. The molecule has 0 bridgehead atoms. The fourth-order valence-electron chi connectivity index (χ4n) is 5.02. The van der Waals surface area contributed by atoms with Crippen LogP contribution in [0.15, 0.2) is 76.6 Å². The average molecular weight is 584 g/mol. The zero-order valence-electron chi connectivity index (χ0n) is 19.9. The first kappa shape index (κ1) is 25.2. The van der Waals surface area contributed by atoms with Crippen LogP contribution in [0.5, 0.6) is 5.75 Å². The summed E-state index contributed by atoms with van der Waals surface area (Å²) in [6.45, 7) is 2.33. The van der Waals surface area contributed by atoms with E-state index in [0.29, 0.717) is 43.6 Å². The zero-order valence-corrected chi connectivity index (χ0v) is 23.1.